The fourth-order valence-electron chi connectivity index (χ4n) is 3.01. The predicted molar refractivity (Wildman–Crippen MR) is 79.3 cm³/mol. The van der Waals surface area contributed by atoms with Crippen LogP contribution in [-0.2, 0) is 0 Å². The first kappa shape index (κ1) is 14.3. The lowest BCUT2D eigenvalue weighted by molar-refractivity contribution is 0.199. The van der Waals surface area contributed by atoms with E-state index in [1.165, 1.54) is 32.1 Å². The van der Waals surface area contributed by atoms with Crippen LogP contribution in [0.4, 0.5) is 5.82 Å². The normalized spacial score (nSPS) is 25.1. The number of nitrogens with zero attached hydrogens (tertiary/aromatic N) is 2. The van der Waals surface area contributed by atoms with E-state index in [2.05, 4.69) is 23.9 Å². The van der Waals surface area contributed by atoms with Crippen LogP contribution in [-0.4, -0.2) is 23.2 Å². The third-order valence-electron chi connectivity index (χ3n) is 4.55. The highest BCUT2D eigenvalue weighted by molar-refractivity contribution is 5.41. The first-order chi connectivity index (χ1) is 9.11. The summed E-state index contributed by atoms with van der Waals surface area (Å²) in [4.78, 5) is 6.74. The molecule has 0 unspecified atom stereocenters. The Balaban J connectivity index is 2.03. The minimum Gasteiger partial charge on any atom is -0.389 e. The third kappa shape index (κ3) is 3.47. The molecule has 0 amide bonds. The van der Waals surface area contributed by atoms with Gasteiger partial charge < -0.3 is 10.0 Å². The number of rotatable bonds is 4. The largest absolute Gasteiger partial charge is 0.389 e. The van der Waals surface area contributed by atoms with Gasteiger partial charge in [0.1, 0.15) is 5.82 Å². The Kier molecular flexibility index (Phi) is 4.81. The zero-order valence-corrected chi connectivity index (χ0v) is 12.3. The van der Waals surface area contributed by atoms with Crippen molar-refractivity contribution in [3.05, 3.63) is 23.9 Å². The highest BCUT2D eigenvalue weighted by atomic mass is 16.3. The minimum absolute atomic E-state index is 0.425. The van der Waals surface area contributed by atoms with Crippen LogP contribution in [0.15, 0.2) is 18.3 Å². The van der Waals surface area contributed by atoms with E-state index in [0.29, 0.717) is 6.04 Å². The Morgan fingerprint density at radius 1 is 1.37 bits per heavy atom. The standard InChI is InChI=1S/C16H26N2O/c1-4-13-5-7-15(8-6-13)18(3)16-11-14(12(2)19)9-10-17-16/h9-13,15,19H,4-8H2,1-3H3/t12-,13?,15?/m0/s1. The summed E-state index contributed by atoms with van der Waals surface area (Å²) in [7, 11) is 2.13. The second-order valence-corrected chi connectivity index (χ2v) is 5.82. The number of aliphatic hydroxyl groups is 1. The van der Waals surface area contributed by atoms with Crippen molar-refractivity contribution in [1.29, 1.82) is 0 Å². The molecule has 3 nitrogen and oxygen atoms in total. The molecule has 0 spiro atoms. The maximum absolute atomic E-state index is 9.66. The summed E-state index contributed by atoms with van der Waals surface area (Å²) >= 11 is 0. The van der Waals surface area contributed by atoms with E-state index < -0.39 is 6.10 Å². The molecule has 1 heterocycles. The van der Waals surface area contributed by atoms with Gasteiger partial charge in [-0.1, -0.05) is 13.3 Å². The van der Waals surface area contributed by atoms with Crippen LogP contribution in [0.2, 0.25) is 0 Å². The average molecular weight is 262 g/mol. The van der Waals surface area contributed by atoms with Gasteiger partial charge >= 0.3 is 0 Å². The fraction of sp³-hybridized carbons (Fsp3) is 0.688. The van der Waals surface area contributed by atoms with Crippen molar-refractivity contribution in [3.63, 3.8) is 0 Å². The molecule has 106 valence electrons. The molecule has 1 saturated carbocycles. The summed E-state index contributed by atoms with van der Waals surface area (Å²) in [5.74, 6) is 1.90. The zero-order valence-electron chi connectivity index (χ0n) is 12.3. The van der Waals surface area contributed by atoms with Gasteiger partial charge in [0.15, 0.2) is 0 Å². The summed E-state index contributed by atoms with van der Waals surface area (Å²) in [5.41, 5.74) is 0.944. The fourth-order valence-corrected chi connectivity index (χ4v) is 3.01. The Hall–Kier alpha value is -1.09. The molecular formula is C16H26N2O. The van der Waals surface area contributed by atoms with Crippen LogP contribution in [0.5, 0.6) is 0 Å². The van der Waals surface area contributed by atoms with E-state index in [1.54, 1.807) is 13.1 Å². The number of hydrogen-bond acceptors (Lipinski definition) is 3. The number of aliphatic hydroxyl groups excluding tert-OH is 1. The molecule has 1 aromatic heterocycles. The monoisotopic (exact) mass is 262 g/mol. The Morgan fingerprint density at radius 3 is 2.63 bits per heavy atom. The van der Waals surface area contributed by atoms with Gasteiger partial charge in [-0.25, -0.2) is 4.98 Å². The van der Waals surface area contributed by atoms with Crippen molar-refractivity contribution >= 4 is 5.82 Å². The van der Waals surface area contributed by atoms with Gasteiger partial charge in [-0.2, -0.15) is 0 Å². The molecule has 1 aliphatic rings. The molecule has 3 heteroatoms. The van der Waals surface area contributed by atoms with Gasteiger partial charge in [0.2, 0.25) is 0 Å². The number of hydrogen-bond donors (Lipinski definition) is 1. The lowest BCUT2D eigenvalue weighted by atomic mass is 9.84. The van der Waals surface area contributed by atoms with Crippen molar-refractivity contribution in [1.82, 2.24) is 4.98 Å². The summed E-state index contributed by atoms with van der Waals surface area (Å²) in [6.45, 7) is 4.09. The van der Waals surface area contributed by atoms with E-state index >= 15 is 0 Å². The second-order valence-electron chi connectivity index (χ2n) is 5.82. The van der Waals surface area contributed by atoms with Gasteiger partial charge in [0, 0.05) is 19.3 Å². The molecule has 0 radical (unpaired) electrons. The Labute approximate surface area is 116 Å². The predicted octanol–water partition coefficient (Wildman–Crippen LogP) is 3.54. The number of anilines is 1. The molecular weight excluding hydrogens is 236 g/mol. The molecule has 0 aromatic carbocycles. The lowest BCUT2D eigenvalue weighted by Gasteiger charge is -2.35. The highest BCUT2D eigenvalue weighted by Gasteiger charge is 2.23. The summed E-state index contributed by atoms with van der Waals surface area (Å²) in [6.07, 6.45) is 7.87. The van der Waals surface area contributed by atoms with Crippen molar-refractivity contribution in [2.75, 3.05) is 11.9 Å². The van der Waals surface area contributed by atoms with Crippen molar-refractivity contribution in [3.8, 4) is 0 Å². The third-order valence-corrected chi connectivity index (χ3v) is 4.55. The summed E-state index contributed by atoms with van der Waals surface area (Å²) in [5, 5.41) is 9.66. The number of pyridine rings is 1. The van der Waals surface area contributed by atoms with Crippen LogP contribution < -0.4 is 4.90 Å². The Morgan fingerprint density at radius 2 is 2.05 bits per heavy atom. The first-order valence-electron chi connectivity index (χ1n) is 7.48. The van der Waals surface area contributed by atoms with Crippen LogP contribution in [0.25, 0.3) is 0 Å². The number of aromatic nitrogens is 1. The van der Waals surface area contributed by atoms with E-state index in [1.807, 2.05) is 12.1 Å². The van der Waals surface area contributed by atoms with Gasteiger partial charge in [0.25, 0.3) is 0 Å². The molecule has 1 aliphatic carbocycles. The van der Waals surface area contributed by atoms with Gasteiger partial charge in [-0.05, 0) is 56.2 Å². The van der Waals surface area contributed by atoms with Crippen LogP contribution in [0.1, 0.15) is 57.6 Å². The van der Waals surface area contributed by atoms with Crippen molar-refractivity contribution in [2.24, 2.45) is 5.92 Å². The maximum Gasteiger partial charge on any atom is 0.128 e. The van der Waals surface area contributed by atoms with E-state index in [-0.39, 0.29) is 0 Å². The topological polar surface area (TPSA) is 36.4 Å². The second kappa shape index (κ2) is 6.38. The van der Waals surface area contributed by atoms with Crippen molar-refractivity contribution < 1.29 is 5.11 Å². The first-order valence-corrected chi connectivity index (χ1v) is 7.48. The van der Waals surface area contributed by atoms with Gasteiger partial charge in [-0.15, -0.1) is 0 Å². The van der Waals surface area contributed by atoms with Gasteiger partial charge in [-0.3, -0.25) is 0 Å². The van der Waals surface area contributed by atoms with E-state index in [4.69, 9.17) is 0 Å². The molecule has 1 N–H and O–H groups in total. The van der Waals surface area contributed by atoms with E-state index in [9.17, 15) is 5.11 Å². The minimum atomic E-state index is -0.425. The molecule has 19 heavy (non-hydrogen) atoms. The molecule has 2 rings (SSSR count). The lowest BCUT2D eigenvalue weighted by Crippen LogP contribution is -2.35. The SMILES string of the molecule is CCC1CCC(N(C)c2cc([C@H](C)O)ccn2)CC1. The Bertz CT molecular complexity index is 397. The summed E-state index contributed by atoms with van der Waals surface area (Å²) < 4.78 is 0. The van der Waals surface area contributed by atoms with Crippen LogP contribution in [0.3, 0.4) is 0 Å². The molecule has 1 atom stereocenters. The van der Waals surface area contributed by atoms with Gasteiger partial charge in [0.05, 0.1) is 6.10 Å². The van der Waals surface area contributed by atoms with Crippen LogP contribution in [0, 0.1) is 5.92 Å². The maximum atomic E-state index is 9.66. The zero-order chi connectivity index (χ0) is 13.8. The van der Waals surface area contributed by atoms with E-state index in [0.717, 1.165) is 17.3 Å². The molecule has 0 saturated heterocycles. The van der Waals surface area contributed by atoms with Crippen molar-refractivity contribution in [2.45, 2.75) is 58.1 Å². The molecule has 1 aromatic rings. The highest BCUT2D eigenvalue weighted by Crippen LogP contribution is 2.31. The smallest absolute Gasteiger partial charge is 0.128 e. The average Bonchev–Trinajstić information content (AvgIpc) is 2.46. The quantitative estimate of drug-likeness (QED) is 0.901. The molecule has 0 bridgehead atoms. The molecule has 0 aliphatic heterocycles. The molecule has 1 fully saturated rings. The van der Waals surface area contributed by atoms with Crippen LogP contribution >= 0.6 is 0 Å². The summed E-state index contributed by atoms with van der Waals surface area (Å²) in [6, 6.07) is 4.49.